The fourth-order valence-corrected chi connectivity index (χ4v) is 4.13. The molecule has 0 radical (unpaired) electrons. The van der Waals surface area contributed by atoms with Crippen LogP contribution in [0, 0.1) is 0 Å². The lowest BCUT2D eigenvalue weighted by Crippen LogP contribution is -2.35. The summed E-state index contributed by atoms with van der Waals surface area (Å²) in [4.78, 5) is 0. The summed E-state index contributed by atoms with van der Waals surface area (Å²) in [5.41, 5.74) is 2.77. The first-order valence-corrected chi connectivity index (χ1v) is 8.21. The van der Waals surface area contributed by atoms with E-state index in [0.29, 0.717) is 0 Å². The highest BCUT2D eigenvalue weighted by Crippen LogP contribution is 2.40. The van der Waals surface area contributed by atoms with E-state index < -0.39 is 0 Å². The van der Waals surface area contributed by atoms with Gasteiger partial charge < -0.3 is 5.32 Å². The molecule has 0 spiro atoms. The van der Waals surface area contributed by atoms with E-state index in [0.717, 1.165) is 0 Å². The number of nitrogens with one attached hydrogen (secondary N) is 1. The smallest absolute Gasteiger partial charge is 0.0424 e. The molecule has 0 bridgehead atoms. The van der Waals surface area contributed by atoms with Crippen LogP contribution < -0.4 is 5.32 Å². The lowest BCUT2D eigenvalue weighted by atomic mass is 9.75. The van der Waals surface area contributed by atoms with Crippen molar-refractivity contribution in [1.82, 2.24) is 5.32 Å². The molecule has 1 heterocycles. The molecule has 3 aromatic rings. The SMILES string of the molecule is CNC(c1cccc2ccsc12)C(C)(C)c1ccccc1. The van der Waals surface area contributed by atoms with Gasteiger partial charge in [0.05, 0.1) is 0 Å². The Labute approximate surface area is 130 Å². The third-order valence-electron chi connectivity index (χ3n) is 4.35. The molecule has 0 fully saturated rings. The van der Waals surface area contributed by atoms with Crippen LogP contribution in [-0.4, -0.2) is 7.05 Å². The third-order valence-corrected chi connectivity index (χ3v) is 5.33. The van der Waals surface area contributed by atoms with Gasteiger partial charge in [-0.2, -0.15) is 0 Å². The molecular weight excluding hydrogens is 274 g/mol. The maximum Gasteiger partial charge on any atom is 0.0424 e. The zero-order chi connectivity index (χ0) is 14.9. The molecule has 0 amide bonds. The summed E-state index contributed by atoms with van der Waals surface area (Å²) in [6.45, 7) is 4.63. The van der Waals surface area contributed by atoms with Crippen molar-refractivity contribution in [3.8, 4) is 0 Å². The van der Waals surface area contributed by atoms with Crippen molar-refractivity contribution in [2.45, 2.75) is 25.3 Å². The Balaban J connectivity index is 2.12. The van der Waals surface area contributed by atoms with Gasteiger partial charge in [-0.3, -0.25) is 0 Å². The molecule has 0 saturated carbocycles. The number of fused-ring (bicyclic) bond motifs is 1. The van der Waals surface area contributed by atoms with E-state index in [9.17, 15) is 0 Å². The van der Waals surface area contributed by atoms with Crippen molar-refractivity contribution < 1.29 is 0 Å². The van der Waals surface area contributed by atoms with Crippen LogP contribution in [0.15, 0.2) is 60.0 Å². The van der Waals surface area contributed by atoms with Crippen LogP contribution in [0.5, 0.6) is 0 Å². The summed E-state index contributed by atoms with van der Waals surface area (Å²) >= 11 is 1.83. The molecular formula is C19H21NS. The predicted molar refractivity (Wildman–Crippen MR) is 93.1 cm³/mol. The molecule has 1 nitrogen and oxygen atoms in total. The molecule has 0 aliphatic heterocycles. The zero-order valence-electron chi connectivity index (χ0n) is 12.8. The largest absolute Gasteiger partial charge is 0.312 e. The third kappa shape index (κ3) is 2.50. The number of hydrogen-bond acceptors (Lipinski definition) is 2. The van der Waals surface area contributed by atoms with Crippen LogP contribution in [0.2, 0.25) is 0 Å². The zero-order valence-corrected chi connectivity index (χ0v) is 13.6. The first-order valence-electron chi connectivity index (χ1n) is 7.33. The van der Waals surface area contributed by atoms with Gasteiger partial charge in [0.15, 0.2) is 0 Å². The van der Waals surface area contributed by atoms with E-state index in [-0.39, 0.29) is 11.5 Å². The van der Waals surface area contributed by atoms with Gasteiger partial charge in [-0.15, -0.1) is 11.3 Å². The Bertz CT molecular complexity index is 727. The second-order valence-electron chi connectivity index (χ2n) is 6.00. The van der Waals surface area contributed by atoms with Crippen LogP contribution >= 0.6 is 11.3 Å². The summed E-state index contributed by atoms with van der Waals surface area (Å²) in [5.74, 6) is 0. The number of hydrogen-bond donors (Lipinski definition) is 1. The van der Waals surface area contributed by atoms with Gasteiger partial charge >= 0.3 is 0 Å². The Morgan fingerprint density at radius 2 is 1.71 bits per heavy atom. The predicted octanol–water partition coefficient (Wildman–Crippen LogP) is 5.14. The van der Waals surface area contributed by atoms with Crippen LogP contribution in [0.25, 0.3) is 10.1 Å². The second-order valence-corrected chi connectivity index (χ2v) is 6.91. The summed E-state index contributed by atoms with van der Waals surface area (Å²) in [6, 6.07) is 19.8. The molecule has 1 unspecified atom stereocenters. The topological polar surface area (TPSA) is 12.0 Å². The van der Waals surface area contributed by atoms with Gasteiger partial charge in [0.1, 0.15) is 0 Å². The van der Waals surface area contributed by atoms with Crippen molar-refractivity contribution in [3.63, 3.8) is 0 Å². The summed E-state index contributed by atoms with van der Waals surface area (Å²) in [6.07, 6.45) is 0. The maximum absolute atomic E-state index is 3.55. The minimum absolute atomic E-state index is 0.0221. The van der Waals surface area contributed by atoms with E-state index in [1.54, 1.807) is 0 Å². The number of rotatable bonds is 4. The Morgan fingerprint density at radius 3 is 2.43 bits per heavy atom. The van der Waals surface area contributed by atoms with Crippen molar-refractivity contribution in [1.29, 1.82) is 0 Å². The summed E-state index contributed by atoms with van der Waals surface area (Å²) < 4.78 is 1.39. The average Bonchev–Trinajstić information content (AvgIpc) is 2.98. The van der Waals surface area contributed by atoms with Crippen LogP contribution in [0.1, 0.15) is 31.0 Å². The van der Waals surface area contributed by atoms with E-state index >= 15 is 0 Å². The first-order chi connectivity index (χ1) is 10.1. The van der Waals surface area contributed by atoms with E-state index in [2.05, 4.69) is 86.2 Å². The molecule has 0 aliphatic carbocycles. The van der Waals surface area contributed by atoms with E-state index in [4.69, 9.17) is 0 Å². The molecule has 0 aliphatic rings. The molecule has 21 heavy (non-hydrogen) atoms. The molecule has 108 valence electrons. The summed E-state index contributed by atoms with van der Waals surface area (Å²) in [7, 11) is 2.06. The Hall–Kier alpha value is -1.64. The Kier molecular flexibility index (Phi) is 3.83. The van der Waals surface area contributed by atoms with Gasteiger partial charge in [-0.1, -0.05) is 62.4 Å². The standard InChI is InChI=1S/C19H21NS/c1-19(2,15-9-5-4-6-10-15)18(20-3)16-11-7-8-14-12-13-21-17(14)16/h4-13,18,20H,1-3H3. The van der Waals surface area contributed by atoms with E-state index in [1.807, 2.05) is 11.3 Å². The second kappa shape index (κ2) is 5.63. The van der Waals surface area contributed by atoms with Crippen molar-refractivity contribution in [3.05, 3.63) is 71.1 Å². The van der Waals surface area contributed by atoms with Crippen LogP contribution in [-0.2, 0) is 5.41 Å². The highest BCUT2D eigenvalue weighted by molar-refractivity contribution is 7.17. The van der Waals surface area contributed by atoms with Gasteiger partial charge in [0.25, 0.3) is 0 Å². The van der Waals surface area contributed by atoms with E-state index in [1.165, 1.54) is 21.2 Å². The first kappa shape index (κ1) is 14.3. The molecule has 2 aromatic carbocycles. The van der Waals surface area contributed by atoms with Gasteiger partial charge in [0, 0.05) is 16.2 Å². The number of likely N-dealkylation sites (N-methyl/N-ethyl adjacent to an activating group) is 1. The fourth-order valence-electron chi connectivity index (χ4n) is 3.18. The molecule has 3 rings (SSSR count). The highest BCUT2D eigenvalue weighted by atomic mass is 32.1. The van der Waals surface area contributed by atoms with Gasteiger partial charge in [-0.25, -0.2) is 0 Å². The fraction of sp³-hybridized carbons (Fsp3) is 0.263. The monoisotopic (exact) mass is 295 g/mol. The quantitative estimate of drug-likeness (QED) is 0.702. The number of benzene rings is 2. The molecule has 1 aromatic heterocycles. The lowest BCUT2D eigenvalue weighted by molar-refractivity contribution is 0.371. The van der Waals surface area contributed by atoms with Crippen molar-refractivity contribution >= 4 is 21.4 Å². The van der Waals surface area contributed by atoms with Gasteiger partial charge in [0.2, 0.25) is 0 Å². The minimum atomic E-state index is 0.0221. The highest BCUT2D eigenvalue weighted by Gasteiger charge is 2.32. The van der Waals surface area contributed by atoms with Gasteiger partial charge in [-0.05, 0) is 35.0 Å². The normalized spacial score (nSPS) is 13.5. The summed E-state index contributed by atoms with van der Waals surface area (Å²) in [5, 5.41) is 7.06. The maximum atomic E-state index is 3.55. The van der Waals surface area contributed by atoms with Crippen LogP contribution in [0.4, 0.5) is 0 Å². The van der Waals surface area contributed by atoms with Crippen molar-refractivity contribution in [2.24, 2.45) is 0 Å². The van der Waals surface area contributed by atoms with Crippen molar-refractivity contribution in [2.75, 3.05) is 7.05 Å². The van der Waals surface area contributed by atoms with Crippen LogP contribution in [0.3, 0.4) is 0 Å². The molecule has 2 heteroatoms. The molecule has 0 saturated heterocycles. The number of thiophene rings is 1. The average molecular weight is 295 g/mol. The molecule has 1 N–H and O–H groups in total. The minimum Gasteiger partial charge on any atom is -0.312 e. The lowest BCUT2D eigenvalue weighted by Gasteiger charge is -2.35. The Morgan fingerprint density at radius 1 is 0.952 bits per heavy atom. The molecule has 1 atom stereocenters.